The fraction of sp³-hybridized carbons (Fsp3) is 0.455. The van der Waals surface area contributed by atoms with Gasteiger partial charge in [0.05, 0.1) is 17.1 Å². The minimum atomic E-state index is -0.914. The molecule has 1 aliphatic rings. The van der Waals surface area contributed by atoms with Gasteiger partial charge in [-0.3, -0.25) is 10.1 Å². The summed E-state index contributed by atoms with van der Waals surface area (Å²) in [5, 5.41) is 29.4. The Labute approximate surface area is 102 Å². The third-order valence-electron chi connectivity index (χ3n) is 2.87. The van der Waals surface area contributed by atoms with E-state index in [2.05, 4.69) is 0 Å². The van der Waals surface area contributed by atoms with Crippen LogP contribution in [0.1, 0.15) is 12.8 Å². The SMILES string of the molecule is O=[N+]([O-])c1ccc(F)cc1O[C@@H]1C[C@@H](O)[C@@H](O)C1. The zero-order valence-electron chi connectivity index (χ0n) is 9.32. The third-order valence-corrected chi connectivity index (χ3v) is 2.87. The van der Waals surface area contributed by atoms with E-state index < -0.39 is 29.1 Å². The van der Waals surface area contributed by atoms with Crippen LogP contribution >= 0.6 is 0 Å². The molecule has 0 aromatic heterocycles. The van der Waals surface area contributed by atoms with Crippen molar-refractivity contribution in [3.63, 3.8) is 0 Å². The highest BCUT2D eigenvalue weighted by molar-refractivity contribution is 5.46. The van der Waals surface area contributed by atoms with Crippen molar-refractivity contribution in [1.29, 1.82) is 0 Å². The summed E-state index contributed by atoms with van der Waals surface area (Å²) in [4.78, 5) is 10.1. The molecule has 0 unspecified atom stereocenters. The topological polar surface area (TPSA) is 92.8 Å². The Morgan fingerprint density at radius 3 is 2.50 bits per heavy atom. The Morgan fingerprint density at radius 1 is 1.33 bits per heavy atom. The number of nitro benzene ring substituents is 1. The maximum absolute atomic E-state index is 13.0. The Kier molecular flexibility index (Phi) is 3.44. The number of halogens is 1. The van der Waals surface area contributed by atoms with Gasteiger partial charge in [-0.15, -0.1) is 0 Å². The summed E-state index contributed by atoms with van der Waals surface area (Å²) in [5.41, 5.74) is -0.340. The van der Waals surface area contributed by atoms with E-state index in [-0.39, 0.29) is 24.3 Å². The number of nitro groups is 1. The molecule has 2 N–H and O–H groups in total. The van der Waals surface area contributed by atoms with E-state index in [1.807, 2.05) is 0 Å². The van der Waals surface area contributed by atoms with E-state index in [9.17, 15) is 24.7 Å². The van der Waals surface area contributed by atoms with Crippen molar-refractivity contribution in [2.75, 3.05) is 0 Å². The number of aliphatic hydroxyl groups is 2. The molecule has 0 spiro atoms. The van der Waals surface area contributed by atoms with Gasteiger partial charge in [0.15, 0.2) is 5.75 Å². The van der Waals surface area contributed by atoms with Crippen LogP contribution in [0.25, 0.3) is 0 Å². The summed E-state index contributed by atoms with van der Waals surface area (Å²) in [6.07, 6.45) is -2.07. The molecular formula is C11H12FNO5. The van der Waals surface area contributed by atoms with Crippen molar-refractivity contribution in [1.82, 2.24) is 0 Å². The van der Waals surface area contributed by atoms with Gasteiger partial charge in [0, 0.05) is 25.0 Å². The molecule has 98 valence electrons. The summed E-state index contributed by atoms with van der Waals surface area (Å²) < 4.78 is 18.3. The van der Waals surface area contributed by atoms with Gasteiger partial charge in [0.2, 0.25) is 0 Å². The lowest BCUT2D eigenvalue weighted by Gasteiger charge is -2.12. The first-order valence-corrected chi connectivity index (χ1v) is 5.44. The highest BCUT2D eigenvalue weighted by Gasteiger charge is 2.34. The van der Waals surface area contributed by atoms with Crippen LogP contribution in [0.4, 0.5) is 10.1 Å². The maximum atomic E-state index is 13.0. The van der Waals surface area contributed by atoms with Gasteiger partial charge in [0.1, 0.15) is 11.9 Å². The van der Waals surface area contributed by atoms with Gasteiger partial charge >= 0.3 is 5.69 Å². The molecule has 18 heavy (non-hydrogen) atoms. The zero-order chi connectivity index (χ0) is 13.3. The molecular weight excluding hydrogens is 245 g/mol. The molecule has 6 nitrogen and oxygen atoms in total. The summed E-state index contributed by atoms with van der Waals surface area (Å²) >= 11 is 0. The van der Waals surface area contributed by atoms with Crippen molar-refractivity contribution < 1.29 is 24.3 Å². The number of benzene rings is 1. The highest BCUT2D eigenvalue weighted by atomic mass is 19.1. The molecule has 0 bridgehead atoms. The van der Waals surface area contributed by atoms with Gasteiger partial charge < -0.3 is 14.9 Å². The van der Waals surface area contributed by atoms with E-state index in [1.165, 1.54) is 0 Å². The van der Waals surface area contributed by atoms with Crippen molar-refractivity contribution in [2.45, 2.75) is 31.2 Å². The smallest absolute Gasteiger partial charge is 0.311 e. The molecule has 0 heterocycles. The minimum Gasteiger partial charge on any atom is -0.483 e. The van der Waals surface area contributed by atoms with Crippen LogP contribution in [0, 0.1) is 15.9 Å². The van der Waals surface area contributed by atoms with Crippen molar-refractivity contribution in [3.05, 3.63) is 34.1 Å². The predicted octanol–water partition coefficient (Wildman–Crippen LogP) is 0.997. The van der Waals surface area contributed by atoms with Crippen LogP contribution in [0.2, 0.25) is 0 Å². The van der Waals surface area contributed by atoms with Crippen LogP contribution in [0.5, 0.6) is 5.75 Å². The lowest BCUT2D eigenvalue weighted by molar-refractivity contribution is -0.386. The van der Waals surface area contributed by atoms with Gasteiger partial charge in [-0.05, 0) is 6.07 Å². The first kappa shape index (κ1) is 12.7. The molecule has 1 fully saturated rings. The van der Waals surface area contributed by atoms with E-state index in [1.54, 1.807) is 0 Å². The van der Waals surface area contributed by atoms with Crippen LogP contribution in [0.15, 0.2) is 18.2 Å². The second-order valence-corrected chi connectivity index (χ2v) is 4.22. The summed E-state index contributed by atoms with van der Waals surface area (Å²) in [7, 11) is 0. The maximum Gasteiger partial charge on any atom is 0.311 e. The standard InChI is InChI=1S/C11H12FNO5/c12-6-1-2-8(13(16)17)11(3-6)18-7-4-9(14)10(15)5-7/h1-3,7,9-10,14-15H,4-5H2/t7-,9-,10+. The fourth-order valence-electron chi connectivity index (χ4n) is 1.96. The number of hydrogen-bond donors (Lipinski definition) is 2. The lowest BCUT2D eigenvalue weighted by Crippen LogP contribution is -2.17. The average molecular weight is 257 g/mol. The molecule has 0 aliphatic heterocycles. The number of ether oxygens (including phenoxy) is 1. The first-order valence-electron chi connectivity index (χ1n) is 5.44. The molecule has 7 heteroatoms. The zero-order valence-corrected chi connectivity index (χ0v) is 9.32. The van der Waals surface area contributed by atoms with Crippen molar-refractivity contribution >= 4 is 5.69 Å². The van der Waals surface area contributed by atoms with Gasteiger partial charge in [-0.1, -0.05) is 0 Å². The quantitative estimate of drug-likeness (QED) is 0.622. The Morgan fingerprint density at radius 2 is 1.94 bits per heavy atom. The van der Waals surface area contributed by atoms with Crippen LogP contribution in [-0.4, -0.2) is 33.4 Å². The minimum absolute atomic E-state index is 0.162. The average Bonchev–Trinajstić information content (AvgIpc) is 2.57. The number of rotatable bonds is 3. The van der Waals surface area contributed by atoms with E-state index >= 15 is 0 Å². The lowest BCUT2D eigenvalue weighted by atomic mass is 10.2. The van der Waals surface area contributed by atoms with Gasteiger partial charge in [-0.2, -0.15) is 0 Å². The second-order valence-electron chi connectivity index (χ2n) is 4.22. The molecule has 2 rings (SSSR count). The largest absolute Gasteiger partial charge is 0.483 e. The van der Waals surface area contributed by atoms with Gasteiger partial charge in [0.25, 0.3) is 0 Å². The van der Waals surface area contributed by atoms with E-state index in [0.717, 1.165) is 18.2 Å². The fourth-order valence-corrected chi connectivity index (χ4v) is 1.96. The Balaban J connectivity index is 2.18. The number of nitrogens with zero attached hydrogens (tertiary/aromatic N) is 1. The van der Waals surface area contributed by atoms with Crippen molar-refractivity contribution in [2.24, 2.45) is 0 Å². The third kappa shape index (κ3) is 2.57. The van der Waals surface area contributed by atoms with Crippen LogP contribution < -0.4 is 4.74 Å². The normalized spacial score (nSPS) is 27.2. The van der Waals surface area contributed by atoms with E-state index in [0.29, 0.717) is 0 Å². The predicted molar refractivity (Wildman–Crippen MR) is 58.7 cm³/mol. The van der Waals surface area contributed by atoms with Gasteiger partial charge in [-0.25, -0.2) is 4.39 Å². The molecule has 1 aliphatic carbocycles. The Hall–Kier alpha value is -1.73. The van der Waals surface area contributed by atoms with Crippen LogP contribution in [-0.2, 0) is 0 Å². The molecule has 0 amide bonds. The summed E-state index contributed by atoms with van der Waals surface area (Å²) in [6.45, 7) is 0. The summed E-state index contributed by atoms with van der Waals surface area (Å²) in [5.74, 6) is -0.832. The van der Waals surface area contributed by atoms with Crippen molar-refractivity contribution in [3.8, 4) is 5.75 Å². The van der Waals surface area contributed by atoms with Crippen LogP contribution in [0.3, 0.4) is 0 Å². The number of aliphatic hydroxyl groups excluding tert-OH is 2. The van der Waals surface area contributed by atoms with E-state index in [4.69, 9.17) is 4.74 Å². The molecule has 0 radical (unpaired) electrons. The summed E-state index contributed by atoms with van der Waals surface area (Å²) in [6, 6.07) is 2.92. The second kappa shape index (κ2) is 4.87. The molecule has 3 atom stereocenters. The highest BCUT2D eigenvalue weighted by Crippen LogP contribution is 2.32. The molecule has 1 aromatic carbocycles. The molecule has 0 saturated heterocycles. The monoisotopic (exact) mass is 257 g/mol. The first-order chi connectivity index (χ1) is 8.47. The number of hydrogen-bond acceptors (Lipinski definition) is 5. The molecule has 1 saturated carbocycles. The Bertz CT molecular complexity index is 457. The molecule has 1 aromatic rings.